The molecule has 18 heteroatoms. The fourth-order valence-electron chi connectivity index (χ4n) is 9.83. The maximum absolute atomic E-state index is 12.6. The van der Waals surface area contributed by atoms with Crippen molar-refractivity contribution in [2.75, 3.05) is 19.8 Å². The van der Waals surface area contributed by atoms with Gasteiger partial charge in [0.05, 0.1) is 24.2 Å². The van der Waals surface area contributed by atoms with Gasteiger partial charge in [-0.25, -0.2) is 0 Å². The topological polar surface area (TPSA) is 284 Å². The van der Waals surface area contributed by atoms with E-state index in [1.807, 2.05) is 26.8 Å². The minimum atomic E-state index is -1.74. The second-order valence-electron chi connectivity index (χ2n) is 15.3. The van der Waals surface area contributed by atoms with Gasteiger partial charge in [-0.15, -0.1) is 11.6 Å². The first kappa shape index (κ1) is 44.0. The van der Waals surface area contributed by atoms with Crippen molar-refractivity contribution in [2.24, 2.45) is 28.6 Å². The summed E-state index contributed by atoms with van der Waals surface area (Å²) in [5.41, 5.74) is -2.25. The molecule has 0 radical (unpaired) electrons. The average molecular weight is 778 g/mol. The van der Waals surface area contributed by atoms with Gasteiger partial charge in [0.2, 0.25) is 0 Å². The number of Topliss-reactive ketones (excluding diaryl/α,β-unsaturated/α-hetero) is 1. The summed E-state index contributed by atoms with van der Waals surface area (Å²) < 4.78 is 15.3. The molecule has 0 bridgehead atoms. The van der Waals surface area contributed by atoms with Crippen LogP contribution in [0.15, 0.2) is 23.8 Å². The van der Waals surface area contributed by atoms with Gasteiger partial charge in [0.1, 0.15) is 61.0 Å². The molecule has 0 aromatic heterocycles. The van der Waals surface area contributed by atoms with Gasteiger partial charge in [0, 0.05) is 10.8 Å². The number of fused-ring (bicyclic) bond motifs is 5. The molecule has 0 aromatic carbocycles. The van der Waals surface area contributed by atoms with Crippen LogP contribution in [0.1, 0.15) is 49.3 Å². The van der Waals surface area contributed by atoms with E-state index >= 15 is 0 Å². The summed E-state index contributed by atoms with van der Waals surface area (Å²) in [6.07, 6.45) is -9.35. The van der Waals surface area contributed by atoms with Crippen LogP contribution >= 0.6 is 11.6 Å². The van der Waals surface area contributed by atoms with Crippen LogP contribution in [-0.4, -0.2) is 189 Å². The van der Waals surface area contributed by atoms with Crippen molar-refractivity contribution >= 4 is 46.2 Å². The number of aliphatic hydroxyl groups is 11. The van der Waals surface area contributed by atoms with Crippen LogP contribution in [0, 0.1) is 28.6 Å². The average Bonchev–Trinajstić information content (AvgIpc) is 3.30. The molecule has 2 heterocycles. The Morgan fingerprint density at radius 1 is 0.942 bits per heavy atom. The summed E-state index contributed by atoms with van der Waals surface area (Å²) in [5.74, 6) is -1.15. The zero-order valence-corrected chi connectivity index (χ0v) is 31.5. The Labute approximate surface area is 324 Å². The van der Waals surface area contributed by atoms with Gasteiger partial charge in [-0.05, 0) is 55.6 Å². The van der Waals surface area contributed by atoms with Crippen LogP contribution in [0.5, 0.6) is 0 Å². The van der Waals surface area contributed by atoms with Crippen LogP contribution in [-0.2, 0) is 23.8 Å². The van der Waals surface area contributed by atoms with Gasteiger partial charge in [0.15, 0.2) is 24.1 Å². The van der Waals surface area contributed by atoms with E-state index in [0.717, 1.165) is 5.57 Å². The third kappa shape index (κ3) is 6.68. The smallest absolute Gasteiger partial charge is 1.00 e. The van der Waals surface area contributed by atoms with E-state index in [1.165, 1.54) is 6.08 Å². The number of carbonyl (C=O) groups is 2. The molecule has 5 fully saturated rings. The molecule has 0 unspecified atom stereocenters. The number of allylic oxidation sites excluding steroid dienone is 4. The van der Waals surface area contributed by atoms with Gasteiger partial charge >= 0.3 is 23.1 Å². The monoisotopic (exact) mass is 776 g/mol. The number of halogens is 1. The van der Waals surface area contributed by atoms with Gasteiger partial charge in [-0.2, -0.15) is 0 Å². The zero-order valence-electron chi connectivity index (χ0n) is 31.3. The fraction of sp³-hybridized carbons (Fsp3) is 0.824. The number of rotatable bonds is 6. The van der Waals surface area contributed by atoms with E-state index in [-0.39, 0.29) is 55.9 Å². The van der Waals surface area contributed by atoms with Crippen LogP contribution in [0.25, 0.3) is 0 Å². The second-order valence-corrected chi connectivity index (χ2v) is 15.9. The molecule has 0 spiro atoms. The molecule has 16 nitrogen and oxygen atoms in total. The van der Waals surface area contributed by atoms with E-state index in [4.69, 9.17) is 30.9 Å². The number of ether oxygens (including phenoxy) is 3. The Morgan fingerprint density at radius 2 is 1.58 bits per heavy atom. The quantitative estimate of drug-likeness (QED) is 0.0927. The van der Waals surface area contributed by atoms with Crippen molar-refractivity contribution in [3.8, 4) is 0 Å². The van der Waals surface area contributed by atoms with Crippen molar-refractivity contribution in [3.05, 3.63) is 23.8 Å². The summed E-state index contributed by atoms with van der Waals surface area (Å²) >= 11 is 7.30. The molecule has 6 aliphatic rings. The number of aliphatic hydroxyl groups excluding tert-OH is 10. The predicted octanol–water partition coefficient (Wildman–Crippen LogP) is -3.39. The van der Waals surface area contributed by atoms with Gasteiger partial charge in [0.25, 0.3) is 0 Å². The third-order valence-corrected chi connectivity index (χ3v) is 13.7. The van der Waals surface area contributed by atoms with Crippen molar-refractivity contribution in [1.82, 2.24) is 0 Å². The van der Waals surface area contributed by atoms with E-state index in [9.17, 15) is 60.7 Å². The molecule has 52 heavy (non-hydrogen) atoms. The number of hydrogen-bond acceptors (Lipinski definition) is 16. The van der Waals surface area contributed by atoms with Gasteiger partial charge in [-0.3, -0.25) is 9.59 Å². The molecular formula is C34H53ClMgO16. The molecule has 0 amide bonds. The third-order valence-electron chi connectivity index (χ3n) is 12.8. The van der Waals surface area contributed by atoms with Crippen LogP contribution < -0.4 is 0 Å². The van der Waals surface area contributed by atoms with Gasteiger partial charge < -0.3 is 73.2 Å². The molecule has 6 rings (SSSR count). The molecule has 2 saturated heterocycles. The predicted molar refractivity (Wildman–Crippen MR) is 181 cm³/mol. The van der Waals surface area contributed by atoms with E-state index in [0.29, 0.717) is 19.3 Å². The van der Waals surface area contributed by atoms with Crippen molar-refractivity contribution in [2.45, 2.75) is 124 Å². The molecule has 11 N–H and O–H groups in total. The number of carbonyl (C=O) groups excluding carboxylic acids is 2. The Bertz CT molecular complexity index is 1390. The SMILES string of the molecule is C[C@H]1C[C@H]2[C@@H]3CCC4=CC(=O)C=C[C@]4(C)[C@@]3(Cl)[C@@H](O)C[C@]2(C)[C@@]1(O)C(=O)CO.OC[C@H]1O[C@@H](O[C@H]2[C@H](O)[C@@H](O)[C@H](O)O[C@@H]2CO)[C@H](O)[C@@H](O)[C@H]1O.[H-].[H-].[Mg+2]. The number of hydrogen-bond donors (Lipinski definition) is 11. The van der Waals surface area contributed by atoms with Crippen LogP contribution in [0.2, 0.25) is 0 Å². The summed E-state index contributed by atoms with van der Waals surface area (Å²) in [7, 11) is 0. The second kappa shape index (κ2) is 16.1. The van der Waals surface area contributed by atoms with E-state index < -0.39 is 114 Å². The molecule has 18 atom stereocenters. The molecular weight excluding hydrogens is 724 g/mol. The molecule has 0 aromatic rings. The minimum Gasteiger partial charge on any atom is -1.00 e. The molecule has 294 valence electrons. The maximum Gasteiger partial charge on any atom is 2.00 e. The van der Waals surface area contributed by atoms with Crippen LogP contribution in [0.4, 0.5) is 0 Å². The van der Waals surface area contributed by atoms with Crippen molar-refractivity contribution in [3.63, 3.8) is 0 Å². The number of ketones is 2. The normalized spacial score (nSPS) is 51.1. The van der Waals surface area contributed by atoms with Crippen molar-refractivity contribution in [1.29, 1.82) is 0 Å². The summed E-state index contributed by atoms with van der Waals surface area (Å²) in [6.45, 7) is 3.63. The minimum absolute atomic E-state index is 0. The Hall–Kier alpha value is -0.684. The number of alkyl halides is 1. The first-order chi connectivity index (χ1) is 23.8. The standard InChI is InChI=1S/C22H29ClO5.C12H22O11.Mg.2H/c1-12-8-16-15-5-4-13-9-14(25)6-7-19(13,2)21(15,23)17(26)10-20(16,3)22(12,28)18(27)11-24;13-1-3-5(15)6(16)9(19)12(22-3)23-10-4(2-14)21-11(20)8(18)7(10)17;;;/h6-7,9,12,15-17,24,26,28H,4-5,8,10-11H2,1-3H3;3-20H,1-2H2;;;/q;;+2;2*-1/t12-,15-,16-,17-,19-,20-,21-,22-;3-,4-,5+,6+,7-,8-,9-,10-,11-,12+;;;/m01.../s1. The summed E-state index contributed by atoms with van der Waals surface area (Å²) in [6, 6.07) is 0. The van der Waals surface area contributed by atoms with Gasteiger partial charge in [-0.1, -0.05) is 32.4 Å². The summed E-state index contributed by atoms with van der Waals surface area (Å²) in [4.78, 5) is 23.5. The largest absolute Gasteiger partial charge is 2.00 e. The Kier molecular flexibility index (Phi) is 13.6. The summed E-state index contributed by atoms with van der Waals surface area (Å²) in [5, 5.41) is 109. The maximum atomic E-state index is 12.6. The van der Waals surface area contributed by atoms with E-state index in [1.54, 1.807) is 6.08 Å². The molecule has 4 aliphatic carbocycles. The molecule has 3 saturated carbocycles. The van der Waals surface area contributed by atoms with Crippen LogP contribution in [0.3, 0.4) is 0 Å². The molecule has 2 aliphatic heterocycles. The first-order valence-corrected chi connectivity index (χ1v) is 17.6. The first-order valence-electron chi connectivity index (χ1n) is 17.2. The Balaban J connectivity index is 0.000000361. The van der Waals surface area contributed by atoms with E-state index in [2.05, 4.69) is 0 Å². The fourth-order valence-corrected chi connectivity index (χ4v) is 10.4. The zero-order chi connectivity index (χ0) is 38.0. The van der Waals surface area contributed by atoms with Crippen molar-refractivity contribution < 1.29 is 82.8 Å². The Morgan fingerprint density at radius 3 is 2.17 bits per heavy atom.